The summed E-state index contributed by atoms with van der Waals surface area (Å²) in [5.74, 6) is -0.333. The van der Waals surface area contributed by atoms with Crippen molar-refractivity contribution in [2.75, 3.05) is 20.6 Å². The first-order valence-electron chi connectivity index (χ1n) is 10.0. The molecule has 1 atom stereocenters. The molecule has 2 aromatic rings. The Balaban J connectivity index is 2.54. The van der Waals surface area contributed by atoms with Gasteiger partial charge < -0.3 is 10.8 Å². The Bertz CT molecular complexity index is 1060. The molecule has 10 heteroatoms. The number of aliphatic hydroxyl groups is 1. The molecule has 0 aliphatic rings. The minimum atomic E-state index is -3.66. The number of quaternary nitrogens is 1. The van der Waals surface area contributed by atoms with E-state index in [4.69, 9.17) is 11.6 Å². The number of allylic oxidation sites excluding steroid dienone is 1. The number of aliphatic hydroxyl groups excluding tert-OH is 1. The van der Waals surface area contributed by atoms with Gasteiger partial charge in [-0.25, -0.2) is 17.1 Å². The summed E-state index contributed by atoms with van der Waals surface area (Å²) in [4.78, 5) is 0.0267. The Morgan fingerprint density at radius 2 is 2.00 bits per heavy atom. The molecule has 0 saturated carbocycles. The number of halogens is 2. The highest BCUT2D eigenvalue weighted by Gasteiger charge is 2.25. The van der Waals surface area contributed by atoms with E-state index >= 15 is 0 Å². The minimum absolute atomic E-state index is 0.0267. The average Bonchev–Trinajstić information content (AvgIpc) is 2.99. The van der Waals surface area contributed by atoms with Crippen LogP contribution in [0.25, 0.3) is 0 Å². The Labute approximate surface area is 188 Å². The van der Waals surface area contributed by atoms with Gasteiger partial charge in [-0.3, -0.25) is 4.68 Å². The summed E-state index contributed by atoms with van der Waals surface area (Å²) >= 11 is 6.30. The van der Waals surface area contributed by atoms with Crippen molar-refractivity contribution in [1.29, 1.82) is 0 Å². The lowest BCUT2D eigenvalue weighted by atomic mass is 9.96. The van der Waals surface area contributed by atoms with Crippen LogP contribution in [0.2, 0.25) is 5.02 Å². The van der Waals surface area contributed by atoms with Crippen LogP contribution in [0.15, 0.2) is 35.0 Å². The first kappa shape index (κ1) is 25.5. The fraction of sp³-hybridized carbons (Fsp3) is 0.476. The third kappa shape index (κ3) is 5.72. The molecule has 0 radical (unpaired) electrons. The van der Waals surface area contributed by atoms with E-state index in [2.05, 4.69) is 10.8 Å². The van der Waals surface area contributed by atoms with Gasteiger partial charge in [0.2, 0.25) is 10.0 Å². The maximum absolute atomic E-state index is 14.2. The first-order valence-corrected chi connectivity index (χ1v) is 11.8. The van der Waals surface area contributed by atoms with Crippen LogP contribution in [0, 0.1) is 0 Å². The first-order chi connectivity index (χ1) is 14.4. The number of hydrogen-bond acceptors (Lipinski definition) is 4. The van der Waals surface area contributed by atoms with Crippen LogP contribution < -0.4 is 5.73 Å². The van der Waals surface area contributed by atoms with Gasteiger partial charge in [0.05, 0.1) is 35.6 Å². The number of sulfonamides is 1. The molecule has 0 amide bonds. The summed E-state index contributed by atoms with van der Waals surface area (Å²) in [7, 11) is -0.775. The molecule has 2 rings (SSSR count). The standard InChI is InChI=1S/C21H30ClFN4O3S/c1-13(2)20-17(21(14(3)28)27(25-20)12-16(23)8-9-24)10-15-6-7-19(18(22)11-15)31(29,30)26(4)5/h6-8,11,13-14,28H,9-10,12,24H2,1-5H3/p+1/b16-8-. The second-order valence-electron chi connectivity index (χ2n) is 7.91. The molecule has 0 aliphatic carbocycles. The summed E-state index contributed by atoms with van der Waals surface area (Å²) in [5, 5.41) is 15.1. The van der Waals surface area contributed by atoms with Crippen LogP contribution in [0.3, 0.4) is 0 Å². The summed E-state index contributed by atoms with van der Waals surface area (Å²) in [6, 6.07) is 4.78. The quantitative estimate of drug-likeness (QED) is 0.584. The fourth-order valence-corrected chi connectivity index (χ4v) is 4.83. The van der Waals surface area contributed by atoms with Crippen LogP contribution in [-0.4, -0.2) is 48.3 Å². The van der Waals surface area contributed by atoms with Crippen LogP contribution in [0.5, 0.6) is 0 Å². The molecule has 0 bridgehead atoms. The molecule has 1 unspecified atom stereocenters. The molecular formula is C21H31ClFN4O3S+. The summed E-state index contributed by atoms with van der Waals surface area (Å²) in [6.45, 7) is 5.80. The van der Waals surface area contributed by atoms with E-state index in [0.29, 0.717) is 18.7 Å². The highest BCUT2D eigenvalue weighted by atomic mass is 35.5. The number of benzene rings is 1. The molecule has 31 heavy (non-hydrogen) atoms. The Morgan fingerprint density at radius 3 is 2.48 bits per heavy atom. The highest BCUT2D eigenvalue weighted by Crippen LogP contribution is 2.31. The zero-order chi connectivity index (χ0) is 23.5. The molecule has 1 aromatic heterocycles. The lowest BCUT2D eigenvalue weighted by molar-refractivity contribution is -0.353. The van der Waals surface area contributed by atoms with Crippen molar-refractivity contribution in [3.05, 3.63) is 57.6 Å². The fourth-order valence-electron chi connectivity index (χ4n) is 3.39. The summed E-state index contributed by atoms with van der Waals surface area (Å²) in [5.41, 5.74) is 6.44. The van der Waals surface area contributed by atoms with Crippen LogP contribution in [0.1, 0.15) is 55.3 Å². The van der Waals surface area contributed by atoms with E-state index in [0.717, 1.165) is 21.1 Å². The van der Waals surface area contributed by atoms with E-state index in [9.17, 15) is 17.9 Å². The topological polar surface area (TPSA) is 103 Å². The predicted octanol–water partition coefficient (Wildman–Crippen LogP) is 2.65. The third-order valence-corrected chi connectivity index (χ3v) is 7.17. The maximum atomic E-state index is 14.2. The SMILES string of the molecule is CC(C)c1nn(C/C(F)=C/C[NH3+])c(C(C)O)c1Cc1ccc(S(=O)(=O)N(C)C)c(Cl)c1. The van der Waals surface area contributed by atoms with Crippen molar-refractivity contribution in [3.8, 4) is 0 Å². The molecule has 0 saturated heterocycles. The number of nitrogens with zero attached hydrogens (tertiary/aromatic N) is 3. The van der Waals surface area contributed by atoms with Gasteiger partial charge in [0.15, 0.2) is 0 Å². The Hall–Kier alpha value is -1.78. The second-order valence-corrected chi connectivity index (χ2v) is 10.4. The van der Waals surface area contributed by atoms with Gasteiger partial charge in [-0.05, 0) is 30.5 Å². The molecule has 172 valence electrons. The number of aromatic nitrogens is 2. The summed E-state index contributed by atoms with van der Waals surface area (Å²) in [6.07, 6.45) is 0.883. The van der Waals surface area contributed by atoms with E-state index < -0.39 is 16.1 Å². The molecular weight excluding hydrogens is 443 g/mol. The van der Waals surface area contributed by atoms with Crippen LogP contribution in [-0.2, 0) is 23.0 Å². The Kier molecular flexibility index (Phi) is 8.40. The van der Waals surface area contributed by atoms with Gasteiger partial charge in [0, 0.05) is 32.2 Å². The largest absolute Gasteiger partial charge is 0.387 e. The minimum Gasteiger partial charge on any atom is -0.387 e. The average molecular weight is 474 g/mol. The van der Waals surface area contributed by atoms with Gasteiger partial charge in [-0.2, -0.15) is 5.10 Å². The smallest absolute Gasteiger partial charge is 0.244 e. The highest BCUT2D eigenvalue weighted by molar-refractivity contribution is 7.89. The van der Waals surface area contributed by atoms with Gasteiger partial charge in [0.1, 0.15) is 10.7 Å². The van der Waals surface area contributed by atoms with E-state index in [1.807, 2.05) is 13.8 Å². The van der Waals surface area contributed by atoms with E-state index in [1.54, 1.807) is 19.1 Å². The molecule has 1 aromatic carbocycles. The third-order valence-electron chi connectivity index (χ3n) is 4.87. The van der Waals surface area contributed by atoms with Crippen molar-refractivity contribution in [1.82, 2.24) is 14.1 Å². The number of hydrogen-bond donors (Lipinski definition) is 2. The van der Waals surface area contributed by atoms with E-state index in [-0.39, 0.29) is 28.2 Å². The number of rotatable bonds is 9. The predicted molar refractivity (Wildman–Crippen MR) is 119 cm³/mol. The normalized spacial score (nSPS) is 14.0. The second kappa shape index (κ2) is 10.2. The summed E-state index contributed by atoms with van der Waals surface area (Å²) < 4.78 is 41.6. The monoisotopic (exact) mass is 473 g/mol. The molecule has 4 N–H and O–H groups in total. The lowest BCUT2D eigenvalue weighted by Crippen LogP contribution is -2.49. The van der Waals surface area contributed by atoms with Crippen molar-refractivity contribution >= 4 is 21.6 Å². The zero-order valence-corrected chi connectivity index (χ0v) is 20.1. The molecule has 0 fully saturated rings. The molecule has 7 nitrogen and oxygen atoms in total. The van der Waals surface area contributed by atoms with Gasteiger partial charge >= 0.3 is 0 Å². The van der Waals surface area contributed by atoms with Crippen molar-refractivity contribution in [2.45, 2.75) is 50.7 Å². The molecule has 0 aliphatic heterocycles. The van der Waals surface area contributed by atoms with Crippen LogP contribution in [0.4, 0.5) is 4.39 Å². The van der Waals surface area contributed by atoms with Gasteiger partial charge in [-0.15, -0.1) is 0 Å². The van der Waals surface area contributed by atoms with Gasteiger partial charge in [-0.1, -0.05) is 31.5 Å². The molecule has 0 spiro atoms. The lowest BCUT2D eigenvalue weighted by Gasteiger charge is -2.15. The van der Waals surface area contributed by atoms with Gasteiger partial charge in [0.25, 0.3) is 0 Å². The van der Waals surface area contributed by atoms with Crippen molar-refractivity contribution in [2.24, 2.45) is 0 Å². The zero-order valence-electron chi connectivity index (χ0n) is 18.6. The van der Waals surface area contributed by atoms with Crippen molar-refractivity contribution < 1.29 is 23.6 Å². The molecule has 1 heterocycles. The van der Waals surface area contributed by atoms with E-state index in [1.165, 1.54) is 30.9 Å². The van der Waals surface area contributed by atoms with Crippen molar-refractivity contribution in [3.63, 3.8) is 0 Å². The van der Waals surface area contributed by atoms with Crippen LogP contribution >= 0.6 is 11.6 Å². The Morgan fingerprint density at radius 1 is 1.35 bits per heavy atom. The maximum Gasteiger partial charge on any atom is 0.244 e.